The highest BCUT2D eigenvalue weighted by Crippen LogP contribution is 2.30. The maximum absolute atomic E-state index is 12.7. The van der Waals surface area contributed by atoms with Crippen molar-refractivity contribution in [2.75, 3.05) is 25.7 Å². The average Bonchev–Trinajstić information content (AvgIpc) is 3.09. The summed E-state index contributed by atoms with van der Waals surface area (Å²) in [6.07, 6.45) is 4.01. The molecule has 0 N–H and O–H groups in total. The number of methoxy groups -OCH3 is 2. The summed E-state index contributed by atoms with van der Waals surface area (Å²) >= 11 is 0. The topological polar surface area (TPSA) is 55.8 Å². The molecule has 0 aliphatic carbocycles. The monoisotopic (exact) mass is 351 g/mol. The van der Waals surface area contributed by atoms with Crippen molar-refractivity contribution in [3.05, 3.63) is 59.2 Å². The van der Waals surface area contributed by atoms with Crippen LogP contribution in [0.3, 0.4) is 0 Å². The summed E-state index contributed by atoms with van der Waals surface area (Å²) in [6.45, 7) is 2.15. The van der Waals surface area contributed by atoms with Gasteiger partial charge in [0.1, 0.15) is 11.5 Å². The molecule has 5 nitrogen and oxygen atoms in total. The Morgan fingerprint density at radius 3 is 2.58 bits per heavy atom. The van der Waals surface area contributed by atoms with Crippen molar-refractivity contribution in [1.29, 1.82) is 0 Å². The number of hydrogen-bond donors (Lipinski definition) is 0. The summed E-state index contributed by atoms with van der Waals surface area (Å²) < 4.78 is 10.6. The van der Waals surface area contributed by atoms with Crippen LogP contribution in [-0.2, 0) is 11.2 Å². The van der Waals surface area contributed by atoms with E-state index in [4.69, 9.17) is 9.47 Å². The van der Waals surface area contributed by atoms with Gasteiger partial charge in [0.25, 0.3) is 5.91 Å². The van der Waals surface area contributed by atoms with Gasteiger partial charge in [0.15, 0.2) is 5.78 Å². The summed E-state index contributed by atoms with van der Waals surface area (Å²) in [5.41, 5.74) is 3.34. The summed E-state index contributed by atoms with van der Waals surface area (Å²) in [7, 11) is 3.18. The molecule has 2 aromatic rings. The van der Waals surface area contributed by atoms with E-state index >= 15 is 0 Å². The molecule has 134 valence electrons. The predicted octanol–water partition coefficient (Wildman–Crippen LogP) is 3.51. The van der Waals surface area contributed by atoms with Crippen LogP contribution in [0.4, 0.5) is 5.69 Å². The lowest BCUT2D eigenvalue weighted by molar-refractivity contribution is -0.114. The fraction of sp³-hybridized carbons (Fsp3) is 0.238. The number of benzene rings is 2. The Morgan fingerprint density at radius 2 is 1.88 bits per heavy atom. The van der Waals surface area contributed by atoms with E-state index in [-0.39, 0.29) is 11.7 Å². The minimum absolute atomic E-state index is 0.0302. The number of ether oxygens (including phenoxy) is 2. The van der Waals surface area contributed by atoms with Gasteiger partial charge in [-0.25, -0.2) is 0 Å². The largest absolute Gasteiger partial charge is 0.497 e. The normalized spacial score (nSPS) is 13.0. The molecule has 1 aliphatic heterocycles. The Labute approximate surface area is 152 Å². The van der Waals surface area contributed by atoms with Crippen LogP contribution in [0.1, 0.15) is 28.4 Å². The zero-order valence-corrected chi connectivity index (χ0v) is 15.1. The van der Waals surface area contributed by atoms with Gasteiger partial charge in [-0.15, -0.1) is 0 Å². The maximum Gasteiger partial charge on any atom is 0.251 e. The van der Waals surface area contributed by atoms with Crippen molar-refractivity contribution in [3.63, 3.8) is 0 Å². The van der Waals surface area contributed by atoms with Crippen molar-refractivity contribution in [1.82, 2.24) is 0 Å². The van der Waals surface area contributed by atoms with Crippen molar-refractivity contribution in [3.8, 4) is 11.5 Å². The fourth-order valence-electron chi connectivity index (χ4n) is 3.07. The summed E-state index contributed by atoms with van der Waals surface area (Å²) in [4.78, 5) is 25.9. The number of ketones is 1. The molecule has 1 amide bonds. The number of fused-ring (bicyclic) bond motifs is 1. The van der Waals surface area contributed by atoms with Crippen LogP contribution in [0.15, 0.2) is 42.5 Å². The standard InChI is InChI=1S/C21H21NO4/c1-14(23)15-4-7-19-16(12-15)10-11-22(19)21(24)9-5-17-13-18(25-2)6-8-20(17)26-3/h4-9,12-13H,10-11H2,1-3H3/b9-5+. The Morgan fingerprint density at radius 1 is 1.08 bits per heavy atom. The molecule has 26 heavy (non-hydrogen) atoms. The van der Waals surface area contributed by atoms with Gasteiger partial charge in [0.05, 0.1) is 14.2 Å². The molecule has 0 atom stereocenters. The van der Waals surface area contributed by atoms with Crippen molar-refractivity contribution < 1.29 is 19.1 Å². The minimum atomic E-state index is -0.107. The highest BCUT2D eigenvalue weighted by molar-refractivity contribution is 6.06. The second-order valence-corrected chi connectivity index (χ2v) is 6.08. The van der Waals surface area contributed by atoms with Gasteiger partial charge in [0, 0.05) is 29.4 Å². The number of anilines is 1. The first-order valence-corrected chi connectivity index (χ1v) is 8.39. The molecule has 1 heterocycles. The fourth-order valence-corrected chi connectivity index (χ4v) is 3.07. The first-order valence-electron chi connectivity index (χ1n) is 8.39. The molecule has 0 spiro atoms. The van der Waals surface area contributed by atoms with Crippen LogP contribution in [0.2, 0.25) is 0 Å². The van der Waals surface area contributed by atoms with E-state index < -0.39 is 0 Å². The number of hydrogen-bond acceptors (Lipinski definition) is 4. The SMILES string of the molecule is COc1ccc(OC)c(/C=C/C(=O)N2CCc3cc(C(C)=O)ccc32)c1. The first-order chi connectivity index (χ1) is 12.5. The van der Waals surface area contributed by atoms with Crippen LogP contribution in [0, 0.1) is 0 Å². The summed E-state index contributed by atoms with van der Waals surface area (Å²) in [5, 5.41) is 0. The van der Waals surface area contributed by atoms with Crippen LogP contribution in [0.25, 0.3) is 6.08 Å². The number of amides is 1. The third-order valence-corrected chi connectivity index (χ3v) is 4.49. The van der Waals surface area contributed by atoms with Gasteiger partial charge in [-0.1, -0.05) is 0 Å². The number of Topliss-reactive ketones (excluding diaryl/α,β-unsaturated/α-hetero) is 1. The minimum Gasteiger partial charge on any atom is -0.497 e. The third-order valence-electron chi connectivity index (χ3n) is 4.49. The number of carbonyl (C=O) groups is 2. The molecule has 5 heteroatoms. The lowest BCUT2D eigenvalue weighted by atomic mass is 10.1. The van der Waals surface area contributed by atoms with E-state index in [2.05, 4.69) is 0 Å². The Balaban J connectivity index is 1.82. The van der Waals surface area contributed by atoms with E-state index in [1.165, 1.54) is 6.08 Å². The number of nitrogens with zero attached hydrogens (tertiary/aromatic N) is 1. The van der Waals surface area contributed by atoms with Crippen LogP contribution in [-0.4, -0.2) is 32.5 Å². The zero-order chi connectivity index (χ0) is 18.7. The molecular weight excluding hydrogens is 330 g/mol. The molecule has 0 fully saturated rings. The van der Waals surface area contributed by atoms with Crippen LogP contribution in [0.5, 0.6) is 11.5 Å². The van der Waals surface area contributed by atoms with Gasteiger partial charge >= 0.3 is 0 Å². The van der Waals surface area contributed by atoms with Crippen LogP contribution < -0.4 is 14.4 Å². The van der Waals surface area contributed by atoms with Gasteiger partial charge in [-0.3, -0.25) is 9.59 Å². The zero-order valence-electron chi connectivity index (χ0n) is 15.1. The van der Waals surface area contributed by atoms with Crippen molar-refractivity contribution in [2.45, 2.75) is 13.3 Å². The van der Waals surface area contributed by atoms with Crippen molar-refractivity contribution in [2.24, 2.45) is 0 Å². The molecule has 3 rings (SSSR count). The maximum atomic E-state index is 12.7. The Hall–Kier alpha value is -3.08. The molecule has 0 saturated carbocycles. The van der Waals surface area contributed by atoms with E-state index in [0.29, 0.717) is 23.6 Å². The van der Waals surface area contributed by atoms with E-state index in [1.54, 1.807) is 50.3 Å². The second kappa shape index (κ2) is 7.44. The number of rotatable bonds is 5. The smallest absolute Gasteiger partial charge is 0.251 e. The lowest BCUT2D eigenvalue weighted by Gasteiger charge is -2.15. The van der Waals surface area contributed by atoms with E-state index in [9.17, 15) is 9.59 Å². The Kier molecular flexibility index (Phi) is 5.07. The predicted molar refractivity (Wildman–Crippen MR) is 101 cm³/mol. The summed E-state index contributed by atoms with van der Waals surface area (Å²) in [6, 6.07) is 10.9. The van der Waals surface area contributed by atoms with Gasteiger partial charge < -0.3 is 14.4 Å². The molecule has 1 aliphatic rings. The highest BCUT2D eigenvalue weighted by Gasteiger charge is 2.23. The first kappa shape index (κ1) is 17.7. The molecule has 0 saturated heterocycles. The highest BCUT2D eigenvalue weighted by atomic mass is 16.5. The average molecular weight is 351 g/mol. The second-order valence-electron chi connectivity index (χ2n) is 6.08. The van der Waals surface area contributed by atoms with Gasteiger partial charge in [0.2, 0.25) is 0 Å². The number of carbonyl (C=O) groups excluding carboxylic acids is 2. The quantitative estimate of drug-likeness (QED) is 0.611. The molecule has 0 radical (unpaired) electrons. The molecule has 0 bridgehead atoms. The third kappa shape index (κ3) is 3.47. The van der Waals surface area contributed by atoms with Gasteiger partial charge in [-0.2, -0.15) is 0 Å². The molecule has 0 aromatic heterocycles. The lowest BCUT2D eigenvalue weighted by Crippen LogP contribution is -2.26. The van der Waals surface area contributed by atoms with Crippen molar-refractivity contribution >= 4 is 23.5 Å². The molecule has 0 unspecified atom stereocenters. The molecular formula is C21H21NO4. The van der Waals surface area contributed by atoms with Gasteiger partial charge in [-0.05, 0) is 61.4 Å². The van der Waals surface area contributed by atoms with E-state index in [0.717, 1.165) is 23.2 Å². The summed E-state index contributed by atoms with van der Waals surface area (Å²) in [5.74, 6) is 1.29. The Bertz CT molecular complexity index is 886. The molecule has 2 aromatic carbocycles. The van der Waals surface area contributed by atoms with Crippen LogP contribution >= 0.6 is 0 Å². The van der Waals surface area contributed by atoms with E-state index in [1.807, 2.05) is 18.2 Å².